The highest BCUT2D eigenvalue weighted by atomic mass is 15.2. The van der Waals surface area contributed by atoms with E-state index in [0.717, 1.165) is 19.0 Å². The van der Waals surface area contributed by atoms with Gasteiger partial charge >= 0.3 is 0 Å². The Labute approximate surface area is 104 Å². The van der Waals surface area contributed by atoms with Crippen molar-refractivity contribution in [2.75, 3.05) is 6.54 Å². The van der Waals surface area contributed by atoms with E-state index in [-0.39, 0.29) is 6.04 Å². The number of hydrogen-bond acceptors (Lipinski definition) is 3. The van der Waals surface area contributed by atoms with Gasteiger partial charge in [0.2, 0.25) is 0 Å². The molecule has 2 atom stereocenters. The minimum absolute atomic E-state index is 0.206. The van der Waals surface area contributed by atoms with E-state index in [0.29, 0.717) is 6.04 Å². The summed E-state index contributed by atoms with van der Waals surface area (Å²) in [4.78, 5) is 6.66. The molecule has 1 aromatic rings. The van der Waals surface area contributed by atoms with Crippen LogP contribution in [0.1, 0.15) is 44.7 Å². The van der Waals surface area contributed by atoms with Crippen molar-refractivity contribution in [3.05, 3.63) is 30.1 Å². The van der Waals surface area contributed by atoms with Gasteiger partial charge < -0.3 is 5.73 Å². The zero-order valence-corrected chi connectivity index (χ0v) is 10.8. The van der Waals surface area contributed by atoms with Gasteiger partial charge in [-0.1, -0.05) is 13.8 Å². The van der Waals surface area contributed by atoms with E-state index >= 15 is 0 Å². The molecule has 0 aliphatic heterocycles. The van der Waals surface area contributed by atoms with Crippen LogP contribution in [-0.4, -0.2) is 28.5 Å². The summed E-state index contributed by atoms with van der Waals surface area (Å²) in [6.45, 7) is 5.47. The maximum atomic E-state index is 6.33. The molecule has 94 valence electrons. The average molecular weight is 233 g/mol. The van der Waals surface area contributed by atoms with Crippen LogP contribution in [0.25, 0.3) is 0 Å². The minimum atomic E-state index is 0.206. The van der Waals surface area contributed by atoms with Crippen LogP contribution in [0, 0.1) is 0 Å². The highest BCUT2D eigenvalue weighted by molar-refractivity contribution is 5.18. The number of pyridine rings is 1. The molecule has 0 radical (unpaired) electrons. The molecule has 2 unspecified atom stereocenters. The molecule has 2 N–H and O–H groups in total. The van der Waals surface area contributed by atoms with Crippen molar-refractivity contribution >= 4 is 0 Å². The molecular formula is C14H23N3. The Morgan fingerprint density at radius 3 is 2.47 bits per heavy atom. The Morgan fingerprint density at radius 1 is 1.35 bits per heavy atom. The summed E-state index contributed by atoms with van der Waals surface area (Å²) in [5.41, 5.74) is 7.64. The molecule has 1 aliphatic rings. The minimum Gasteiger partial charge on any atom is -0.326 e. The van der Waals surface area contributed by atoms with Crippen LogP contribution in [0.5, 0.6) is 0 Å². The molecule has 0 bridgehead atoms. The molecule has 1 fully saturated rings. The molecule has 3 heteroatoms. The van der Waals surface area contributed by atoms with E-state index in [4.69, 9.17) is 5.73 Å². The molecule has 1 aromatic heterocycles. The van der Waals surface area contributed by atoms with Crippen LogP contribution in [0.3, 0.4) is 0 Å². The van der Waals surface area contributed by atoms with Crippen LogP contribution in [0.2, 0.25) is 0 Å². The fraction of sp³-hybridized carbons (Fsp3) is 0.643. The van der Waals surface area contributed by atoms with Gasteiger partial charge in [0.25, 0.3) is 0 Å². The van der Waals surface area contributed by atoms with Crippen molar-refractivity contribution in [1.82, 2.24) is 9.88 Å². The third-order valence-electron chi connectivity index (χ3n) is 3.66. The van der Waals surface area contributed by atoms with Crippen LogP contribution in [-0.2, 0) is 0 Å². The van der Waals surface area contributed by atoms with Crippen molar-refractivity contribution in [3.8, 4) is 0 Å². The standard InChI is InChI=1S/C14H23N3/c1-3-13(15)14(11-7-9-16-10-8-11)17(4-2)12-5-6-12/h7-10,12-14H,3-6,15H2,1-2H3. The Balaban J connectivity index is 2.23. The second-order valence-electron chi connectivity index (χ2n) is 4.86. The van der Waals surface area contributed by atoms with E-state index in [1.54, 1.807) is 0 Å². The number of nitrogens with two attached hydrogens (primary N) is 1. The van der Waals surface area contributed by atoms with Crippen LogP contribution >= 0.6 is 0 Å². The molecule has 3 nitrogen and oxygen atoms in total. The Hall–Kier alpha value is -0.930. The van der Waals surface area contributed by atoms with E-state index in [9.17, 15) is 0 Å². The normalized spacial score (nSPS) is 19.3. The SMILES string of the molecule is CCC(N)C(c1ccncc1)N(CC)C1CC1. The van der Waals surface area contributed by atoms with Gasteiger partial charge in [-0.2, -0.15) is 0 Å². The second-order valence-corrected chi connectivity index (χ2v) is 4.86. The fourth-order valence-corrected chi connectivity index (χ4v) is 2.56. The first-order chi connectivity index (χ1) is 8.27. The molecule has 0 spiro atoms. The highest BCUT2D eigenvalue weighted by Gasteiger charge is 2.35. The van der Waals surface area contributed by atoms with Gasteiger partial charge in [0.05, 0.1) is 6.04 Å². The van der Waals surface area contributed by atoms with Gasteiger partial charge in [-0.05, 0) is 43.5 Å². The molecule has 1 saturated carbocycles. The van der Waals surface area contributed by atoms with Gasteiger partial charge in [-0.3, -0.25) is 9.88 Å². The summed E-state index contributed by atoms with van der Waals surface area (Å²) in [5, 5.41) is 0. The van der Waals surface area contributed by atoms with E-state index in [2.05, 4.69) is 35.9 Å². The molecular weight excluding hydrogens is 210 g/mol. The highest BCUT2D eigenvalue weighted by Crippen LogP contribution is 2.35. The number of aromatic nitrogens is 1. The lowest BCUT2D eigenvalue weighted by Gasteiger charge is -2.35. The van der Waals surface area contributed by atoms with Crippen molar-refractivity contribution in [1.29, 1.82) is 0 Å². The Bertz CT molecular complexity index is 335. The Morgan fingerprint density at radius 2 is 2.00 bits per heavy atom. The van der Waals surface area contributed by atoms with Crippen LogP contribution < -0.4 is 5.73 Å². The maximum Gasteiger partial charge on any atom is 0.0502 e. The quantitative estimate of drug-likeness (QED) is 0.820. The molecule has 1 heterocycles. The summed E-state index contributed by atoms with van der Waals surface area (Å²) >= 11 is 0. The summed E-state index contributed by atoms with van der Waals surface area (Å²) < 4.78 is 0. The third kappa shape index (κ3) is 2.85. The van der Waals surface area contributed by atoms with Crippen molar-refractivity contribution < 1.29 is 0 Å². The largest absolute Gasteiger partial charge is 0.326 e. The summed E-state index contributed by atoms with van der Waals surface area (Å²) in [6.07, 6.45) is 7.39. The van der Waals surface area contributed by atoms with E-state index < -0.39 is 0 Å². The second kappa shape index (κ2) is 5.61. The molecule has 1 aliphatic carbocycles. The smallest absolute Gasteiger partial charge is 0.0502 e. The van der Waals surface area contributed by atoms with Crippen molar-refractivity contribution in [2.24, 2.45) is 5.73 Å². The maximum absolute atomic E-state index is 6.33. The summed E-state index contributed by atoms with van der Waals surface area (Å²) in [5.74, 6) is 0. The molecule has 0 saturated heterocycles. The molecule has 0 aromatic carbocycles. The van der Waals surface area contributed by atoms with Gasteiger partial charge in [0.1, 0.15) is 0 Å². The predicted octanol–water partition coefficient (Wildman–Crippen LogP) is 2.34. The van der Waals surface area contributed by atoms with Gasteiger partial charge in [-0.15, -0.1) is 0 Å². The first-order valence-electron chi connectivity index (χ1n) is 6.69. The third-order valence-corrected chi connectivity index (χ3v) is 3.66. The van der Waals surface area contributed by atoms with Crippen LogP contribution in [0.4, 0.5) is 0 Å². The lowest BCUT2D eigenvalue weighted by molar-refractivity contribution is 0.168. The Kier molecular flexibility index (Phi) is 4.13. The summed E-state index contributed by atoms with van der Waals surface area (Å²) in [6, 6.07) is 5.51. The van der Waals surface area contributed by atoms with Gasteiger partial charge in [0, 0.05) is 24.5 Å². The average Bonchev–Trinajstić information content (AvgIpc) is 3.20. The molecule has 2 rings (SSSR count). The number of rotatable bonds is 6. The van der Waals surface area contributed by atoms with Crippen LogP contribution in [0.15, 0.2) is 24.5 Å². The molecule has 0 amide bonds. The fourth-order valence-electron chi connectivity index (χ4n) is 2.56. The predicted molar refractivity (Wildman–Crippen MR) is 70.6 cm³/mol. The number of hydrogen-bond donors (Lipinski definition) is 1. The van der Waals surface area contributed by atoms with E-state index in [1.165, 1.54) is 18.4 Å². The van der Waals surface area contributed by atoms with E-state index in [1.807, 2.05) is 12.4 Å². The zero-order chi connectivity index (χ0) is 12.3. The summed E-state index contributed by atoms with van der Waals surface area (Å²) in [7, 11) is 0. The molecule has 17 heavy (non-hydrogen) atoms. The lowest BCUT2D eigenvalue weighted by Crippen LogP contribution is -2.42. The number of nitrogens with zero attached hydrogens (tertiary/aromatic N) is 2. The van der Waals surface area contributed by atoms with Crippen molar-refractivity contribution in [2.45, 2.75) is 51.2 Å². The first kappa shape index (κ1) is 12.5. The lowest BCUT2D eigenvalue weighted by atomic mass is 9.97. The first-order valence-corrected chi connectivity index (χ1v) is 6.69. The topological polar surface area (TPSA) is 42.1 Å². The van der Waals surface area contributed by atoms with Gasteiger partial charge in [-0.25, -0.2) is 0 Å². The van der Waals surface area contributed by atoms with Gasteiger partial charge in [0.15, 0.2) is 0 Å². The number of likely N-dealkylation sites (N-methyl/N-ethyl adjacent to an activating group) is 1. The monoisotopic (exact) mass is 233 g/mol. The zero-order valence-electron chi connectivity index (χ0n) is 10.8. The van der Waals surface area contributed by atoms with Crippen molar-refractivity contribution in [3.63, 3.8) is 0 Å².